The van der Waals surface area contributed by atoms with Crippen LogP contribution in [0.15, 0.2) is 0 Å². The zero-order chi connectivity index (χ0) is 25.6. The number of rotatable bonds is 2. The predicted molar refractivity (Wildman–Crippen MR) is 137 cm³/mol. The lowest BCUT2D eigenvalue weighted by atomic mass is 9.58. The van der Waals surface area contributed by atoms with E-state index in [4.69, 9.17) is 14.2 Å². The molecule has 6 saturated heterocycles. The molecule has 6 fully saturated rings. The third kappa shape index (κ3) is 4.06. The summed E-state index contributed by atoms with van der Waals surface area (Å²) in [7, 11) is 0. The molecule has 6 bridgehead atoms. The highest BCUT2D eigenvalue weighted by Crippen LogP contribution is 2.60. The van der Waals surface area contributed by atoms with E-state index in [9.17, 15) is 10.2 Å². The van der Waals surface area contributed by atoms with Crippen LogP contribution in [-0.2, 0) is 14.2 Å². The Hall–Kier alpha value is -0.200. The van der Waals surface area contributed by atoms with E-state index in [0.717, 1.165) is 51.4 Å². The van der Waals surface area contributed by atoms with Gasteiger partial charge in [0.25, 0.3) is 0 Å². The van der Waals surface area contributed by atoms with Gasteiger partial charge in [-0.25, -0.2) is 0 Å². The van der Waals surface area contributed by atoms with E-state index < -0.39 is 35.6 Å². The Balaban J connectivity index is 1.71. The molecule has 2 N–H and O–H groups in total. The second-order valence-corrected chi connectivity index (χ2v) is 14.6. The first kappa shape index (κ1) is 26.4. The number of fused-ring (bicyclic) bond motifs is 2. The smallest absolute Gasteiger partial charge is 0.113 e. The number of aliphatic hydroxyl groups is 2. The lowest BCUT2D eigenvalue weighted by Gasteiger charge is -2.60. The standard InChI is InChI=1S/C30H52O5/c1-17(2)19-9-13-27(5)14-11-22-21-12-16-29(7)25(33-26(24(19)32)30(22,8)34-27)23(31)20(18(3)4)10-15-28(21,6)35-29/h17-26,31-32H,9-16H2,1-8H3. The fraction of sp³-hybridized carbons (Fsp3) is 1.00. The largest absolute Gasteiger partial charge is 0.390 e. The van der Waals surface area contributed by atoms with Crippen LogP contribution in [0.2, 0.25) is 0 Å². The highest BCUT2D eigenvalue weighted by molar-refractivity contribution is 5.14. The van der Waals surface area contributed by atoms with E-state index in [2.05, 4.69) is 55.4 Å². The lowest BCUT2D eigenvalue weighted by molar-refractivity contribution is -0.305. The van der Waals surface area contributed by atoms with Crippen LogP contribution in [-0.4, -0.2) is 57.0 Å². The molecular formula is C30H52O5. The van der Waals surface area contributed by atoms with Crippen molar-refractivity contribution in [3.63, 3.8) is 0 Å². The normalized spacial score (nSPS) is 56.6. The fourth-order valence-corrected chi connectivity index (χ4v) is 9.39. The minimum Gasteiger partial charge on any atom is -0.390 e. The molecule has 202 valence electrons. The van der Waals surface area contributed by atoms with Crippen LogP contribution >= 0.6 is 0 Å². The van der Waals surface area contributed by atoms with Crippen molar-refractivity contribution in [3.8, 4) is 0 Å². The Morgan fingerprint density at radius 3 is 1.77 bits per heavy atom. The van der Waals surface area contributed by atoms with Gasteiger partial charge in [0, 0.05) is 0 Å². The molecule has 0 aromatic rings. The molecule has 0 aliphatic carbocycles. The molecule has 12 atom stereocenters. The van der Waals surface area contributed by atoms with Gasteiger partial charge in [0.15, 0.2) is 0 Å². The molecule has 35 heavy (non-hydrogen) atoms. The maximum Gasteiger partial charge on any atom is 0.113 e. The Bertz CT molecular complexity index is 800. The summed E-state index contributed by atoms with van der Waals surface area (Å²) >= 11 is 0. The maximum atomic E-state index is 12.1. The zero-order valence-corrected chi connectivity index (χ0v) is 23.5. The van der Waals surface area contributed by atoms with Gasteiger partial charge in [-0.05, 0) is 115 Å². The highest BCUT2D eigenvalue weighted by atomic mass is 16.6. The summed E-state index contributed by atoms with van der Waals surface area (Å²) in [6, 6.07) is 0. The lowest BCUT2D eigenvalue weighted by Crippen LogP contribution is -2.66. The average molecular weight is 493 g/mol. The van der Waals surface area contributed by atoms with Crippen molar-refractivity contribution in [2.75, 3.05) is 0 Å². The van der Waals surface area contributed by atoms with Gasteiger partial charge in [-0.1, -0.05) is 27.7 Å². The van der Waals surface area contributed by atoms with Crippen LogP contribution in [0.1, 0.15) is 107 Å². The summed E-state index contributed by atoms with van der Waals surface area (Å²) in [6.45, 7) is 17.9. The number of ether oxygens (including phenoxy) is 3. The zero-order valence-electron chi connectivity index (χ0n) is 23.5. The molecule has 12 unspecified atom stereocenters. The molecule has 6 aliphatic heterocycles. The molecule has 5 heteroatoms. The molecule has 5 nitrogen and oxygen atoms in total. The number of hydrogen-bond acceptors (Lipinski definition) is 5. The summed E-state index contributed by atoms with van der Waals surface area (Å²) in [4.78, 5) is 0. The Morgan fingerprint density at radius 2 is 1.14 bits per heavy atom. The molecule has 0 amide bonds. The number of hydrogen-bond donors (Lipinski definition) is 2. The maximum absolute atomic E-state index is 12.1. The van der Waals surface area contributed by atoms with Crippen molar-refractivity contribution in [2.24, 2.45) is 35.5 Å². The third-order valence-electron chi connectivity index (χ3n) is 11.5. The van der Waals surface area contributed by atoms with Gasteiger partial charge < -0.3 is 24.4 Å². The molecule has 0 saturated carbocycles. The summed E-state index contributed by atoms with van der Waals surface area (Å²) in [5, 5.41) is 24.0. The second-order valence-electron chi connectivity index (χ2n) is 14.6. The predicted octanol–water partition coefficient (Wildman–Crippen LogP) is 5.50. The topological polar surface area (TPSA) is 68.2 Å². The molecule has 0 radical (unpaired) electrons. The first-order chi connectivity index (χ1) is 16.2. The molecule has 6 rings (SSSR count). The summed E-state index contributed by atoms with van der Waals surface area (Å²) in [5.41, 5.74) is -1.70. The van der Waals surface area contributed by atoms with Crippen molar-refractivity contribution in [3.05, 3.63) is 0 Å². The SMILES string of the molecule is CC(C)C1CCC2(C)OC3(C)CCC2C2CCC4(C)CCC(C(C)C)C(O)C(OC3C1O)C2(C)O4. The second kappa shape index (κ2) is 8.66. The molecular weight excluding hydrogens is 440 g/mol. The van der Waals surface area contributed by atoms with E-state index in [-0.39, 0.29) is 29.0 Å². The molecule has 0 aromatic carbocycles. The van der Waals surface area contributed by atoms with Crippen LogP contribution < -0.4 is 0 Å². The highest BCUT2D eigenvalue weighted by Gasteiger charge is 2.66. The minimum atomic E-state index is -0.634. The fourth-order valence-electron chi connectivity index (χ4n) is 9.39. The van der Waals surface area contributed by atoms with Gasteiger partial charge in [0.05, 0.1) is 34.6 Å². The van der Waals surface area contributed by atoms with E-state index in [1.165, 1.54) is 0 Å². The Kier molecular flexibility index (Phi) is 6.53. The van der Waals surface area contributed by atoms with Crippen molar-refractivity contribution < 1.29 is 24.4 Å². The Morgan fingerprint density at radius 1 is 0.629 bits per heavy atom. The van der Waals surface area contributed by atoms with Gasteiger partial charge in [0.2, 0.25) is 0 Å². The van der Waals surface area contributed by atoms with Gasteiger partial charge in [-0.2, -0.15) is 0 Å². The summed E-state index contributed by atoms with van der Waals surface area (Å²) in [5.74, 6) is 1.59. The quantitative estimate of drug-likeness (QED) is 0.533. The van der Waals surface area contributed by atoms with Gasteiger partial charge >= 0.3 is 0 Å². The van der Waals surface area contributed by atoms with Gasteiger partial charge in [-0.15, -0.1) is 0 Å². The van der Waals surface area contributed by atoms with E-state index in [1.54, 1.807) is 0 Å². The monoisotopic (exact) mass is 492 g/mol. The van der Waals surface area contributed by atoms with Crippen LogP contribution in [0.5, 0.6) is 0 Å². The minimum absolute atomic E-state index is 0.142. The van der Waals surface area contributed by atoms with Crippen LogP contribution in [0.4, 0.5) is 0 Å². The average Bonchev–Trinajstić information content (AvgIpc) is 2.77. The van der Waals surface area contributed by atoms with Crippen LogP contribution in [0, 0.1) is 35.5 Å². The first-order valence-corrected chi connectivity index (χ1v) is 14.6. The van der Waals surface area contributed by atoms with Gasteiger partial charge in [-0.3, -0.25) is 0 Å². The summed E-state index contributed by atoms with van der Waals surface area (Å²) < 4.78 is 21.5. The van der Waals surface area contributed by atoms with Crippen molar-refractivity contribution in [1.82, 2.24) is 0 Å². The van der Waals surface area contributed by atoms with Gasteiger partial charge in [0.1, 0.15) is 12.2 Å². The van der Waals surface area contributed by atoms with Crippen LogP contribution in [0.3, 0.4) is 0 Å². The van der Waals surface area contributed by atoms with Crippen molar-refractivity contribution in [1.29, 1.82) is 0 Å². The Labute approximate surface area is 213 Å². The van der Waals surface area contributed by atoms with E-state index in [1.807, 2.05) is 0 Å². The van der Waals surface area contributed by atoms with Crippen molar-refractivity contribution >= 4 is 0 Å². The molecule has 0 spiro atoms. The van der Waals surface area contributed by atoms with Crippen LogP contribution in [0.25, 0.3) is 0 Å². The van der Waals surface area contributed by atoms with Crippen molar-refractivity contribution in [2.45, 2.75) is 154 Å². The van der Waals surface area contributed by atoms with E-state index in [0.29, 0.717) is 17.8 Å². The first-order valence-electron chi connectivity index (χ1n) is 14.6. The summed E-state index contributed by atoms with van der Waals surface area (Å²) in [6.07, 6.45) is 5.60. The molecule has 0 aromatic heterocycles. The third-order valence-corrected chi connectivity index (χ3v) is 11.5. The van der Waals surface area contributed by atoms with E-state index >= 15 is 0 Å². The molecule has 6 heterocycles. The number of aliphatic hydroxyl groups excluding tert-OH is 2. The molecule has 6 aliphatic rings.